The van der Waals surface area contributed by atoms with E-state index in [-0.39, 0.29) is 23.3 Å². The van der Waals surface area contributed by atoms with E-state index >= 15 is 0 Å². The maximum absolute atomic E-state index is 12.1. The summed E-state index contributed by atoms with van der Waals surface area (Å²) in [5.41, 5.74) is 10.9. The molecule has 1 rings (SSSR count). The summed E-state index contributed by atoms with van der Waals surface area (Å²) >= 11 is 0. The predicted octanol–water partition coefficient (Wildman–Crippen LogP) is 0.147. The molecule has 21 heavy (non-hydrogen) atoms. The molecule has 0 aliphatic heterocycles. The van der Waals surface area contributed by atoms with Crippen molar-refractivity contribution in [3.63, 3.8) is 0 Å². The van der Waals surface area contributed by atoms with Gasteiger partial charge in [0, 0.05) is 5.69 Å². The third-order valence-electron chi connectivity index (χ3n) is 3.14. The van der Waals surface area contributed by atoms with Gasteiger partial charge >= 0.3 is 0 Å². The quantitative estimate of drug-likeness (QED) is 0.344. The van der Waals surface area contributed by atoms with Crippen LogP contribution in [0, 0.1) is 0 Å². The van der Waals surface area contributed by atoms with Crippen molar-refractivity contribution in [2.45, 2.75) is 25.3 Å². The number of carbonyl (C=O) groups is 2. The zero-order valence-corrected chi connectivity index (χ0v) is 12.1. The van der Waals surface area contributed by atoms with Gasteiger partial charge < -0.3 is 27.2 Å². The van der Waals surface area contributed by atoms with Crippen LogP contribution in [0.15, 0.2) is 18.2 Å². The summed E-state index contributed by atoms with van der Waals surface area (Å²) in [4.78, 5) is 23.3. The molecule has 0 radical (unpaired) electrons. The van der Waals surface area contributed by atoms with E-state index in [0.29, 0.717) is 18.7 Å². The van der Waals surface area contributed by atoms with Gasteiger partial charge in [0.1, 0.15) is 5.75 Å². The van der Waals surface area contributed by atoms with Crippen molar-refractivity contribution < 1.29 is 14.7 Å². The van der Waals surface area contributed by atoms with Gasteiger partial charge in [0.05, 0.1) is 11.6 Å². The SMILES string of the molecule is CN[C@@H](CCCCN)C(=O)Nc1ccc(O)c(C(N)=O)c1. The second-order valence-electron chi connectivity index (χ2n) is 4.71. The number of likely N-dealkylation sites (N-methyl/N-ethyl adjacent to an activating group) is 1. The molecular formula is C14H22N4O3. The van der Waals surface area contributed by atoms with Gasteiger partial charge in [-0.05, 0) is 44.6 Å². The van der Waals surface area contributed by atoms with Gasteiger partial charge in [-0.3, -0.25) is 9.59 Å². The number of aromatic hydroxyl groups is 1. The highest BCUT2D eigenvalue weighted by Crippen LogP contribution is 2.21. The Balaban J connectivity index is 2.72. The zero-order valence-electron chi connectivity index (χ0n) is 12.1. The molecule has 0 saturated carbocycles. The van der Waals surface area contributed by atoms with Gasteiger partial charge in [-0.15, -0.1) is 0 Å². The monoisotopic (exact) mass is 294 g/mol. The van der Waals surface area contributed by atoms with Gasteiger partial charge in [0.2, 0.25) is 5.91 Å². The summed E-state index contributed by atoms with van der Waals surface area (Å²) in [5.74, 6) is -1.18. The van der Waals surface area contributed by atoms with Crippen molar-refractivity contribution in [1.82, 2.24) is 5.32 Å². The second-order valence-corrected chi connectivity index (χ2v) is 4.71. The largest absolute Gasteiger partial charge is 0.507 e. The van der Waals surface area contributed by atoms with E-state index in [9.17, 15) is 14.7 Å². The molecule has 0 heterocycles. The van der Waals surface area contributed by atoms with Crippen LogP contribution in [0.5, 0.6) is 5.75 Å². The first-order valence-electron chi connectivity index (χ1n) is 6.80. The number of nitrogens with one attached hydrogen (secondary N) is 2. The van der Waals surface area contributed by atoms with E-state index in [0.717, 1.165) is 12.8 Å². The van der Waals surface area contributed by atoms with Crippen LogP contribution in [-0.2, 0) is 4.79 Å². The summed E-state index contributed by atoms with van der Waals surface area (Å²) in [5, 5.41) is 15.1. The van der Waals surface area contributed by atoms with Crippen LogP contribution in [-0.4, -0.2) is 36.6 Å². The second kappa shape index (κ2) is 8.23. The summed E-state index contributed by atoms with van der Waals surface area (Å²) in [7, 11) is 1.71. The molecule has 1 aromatic rings. The first-order valence-corrected chi connectivity index (χ1v) is 6.80. The number of carbonyl (C=O) groups excluding carboxylic acids is 2. The normalized spacial score (nSPS) is 11.9. The Kier molecular flexibility index (Phi) is 6.64. The Bertz CT molecular complexity index is 505. The third kappa shape index (κ3) is 5.05. The molecule has 0 aliphatic rings. The van der Waals surface area contributed by atoms with E-state index in [1.54, 1.807) is 7.05 Å². The van der Waals surface area contributed by atoms with Gasteiger partial charge in [-0.1, -0.05) is 6.42 Å². The summed E-state index contributed by atoms with van der Waals surface area (Å²) in [6.07, 6.45) is 2.37. The number of anilines is 1. The first kappa shape index (κ1) is 16.9. The number of primary amides is 1. The standard InChI is InChI=1S/C14H22N4O3/c1-17-11(4-2-3-7-15)14(21)18-9-5-6-12(19)10(8-9)13(16)20/h5-6,8,11,17,19H,2-4,7,15H2,1H3,(H2,16,20)(H,18,21)/t11-/m0/s1. The first-order chi connectivity index (χ1) is 9.99. The average molecular weight is 294 g/mol. The number of benzene rings is 1. The molecule has 7 nitrogen and oxygen atoms in total. The van der Waals surface area contributed by atoms with Crippen LogP contribution in [0.4, 0.5) is 5.69 Å². The fourth-order valence-corrected chi connectivity index (χ4v) is 1.94. The Morgan fingerprint density at radius 1 is 1.33 bits per heavy atom. The van der Waals surface area contributed by atoms with E-state index in [4.69, 9.17) is 11.5 Å². The lowest BCUT2D eigenvalue weighted by atomic mass is 10.1. The fraction of sp³-hybridized carbons (Fsp3) is 0.429. The van der Waals surface area contributed by atoms with Gasteiger partial charge in [-0.2, -0.15) is 0 Å². The minimum absolute atomic E-state index is 0.0306. The molecule has 7 N–H and O–H groups in total. The van der Waals surface area contributed by atoms with E-state index in [2.05, 4.69) is 10.6 Å². The van der Waals surface area contributed by atoms with Crippen LogP contribution in [0.1, 0.15) is 29.6 Å². The van der Waals surface area contributed by atoms with Gasteiger partial charge in [-0.25, -0.2) is 0 Å². The van der Waals surface area contributed by atoms with Crippen LogP contribution in [0.3, 0.4) is 0 Å². The topological polar surface area (TPSA) is 130 Å². The number of hydrogen-bond donors (Lipinski definition) is 5. The predicted molar refractivity (Wildman–Crippen MR) is 81.0 cm³/mol. The maximum Gasteiger partial charge on any atom is 0.252 e. The molecule has 0 aromatic heterocycles. The van der Waals surface area contributed by atoms with Crippen molar-refractivity contribution in [3.8, 4) is 5.75 Å². The number of nitrogens with two attached hydrogens (primary N) is 2. The fourth-order valence-electron chi connectivity index (χ4n) is 1.94. The van der Waals surface area contributed by atoms with Gasteiger partial charge in [0.15, 0.2) is 0 Å². The molecule has 0 fully saturated rings. The highest BCUT2D eigenvalue weighted by Gasteiger charge is 2.17. The highest BCUT2D eigenvalue weighted by molar-refractivity contribution is 5.99. The Morgan fingerprint density at radius 2 is 2.05 bits per heavy atom. The van der Waals surface area contributed by atoms with Crippen LogP contribution in [0.2, 0.25) is 0 Å². The Hall–Kier alpha value is -2.12. The lowest BCUT2D eigenvalue weighted by Crippen LogP contribution is -2.38. The number of rotatable bonds is 8. The molecule has 1 atom stereocenters. The van der Waals surface area contributed by atoms with Gasteiger partial charge in [0.25, 0.3) is 5.91 Å². The van der Waals surface area contributed by atoms with Crippen molar-refractivity contribution in [1.29, 1.82) is 0 Å². The lowest BCUT2D eigenvalue weighted by Gasteiger charge is -2.16. The summed E-state index contributed by atoms with van der Waals surface area (Å²) in [6.45, 7) is 0.595. The van der Waals surface area contributed by atoms with Crippen LogP contribution in [0.25, 0.3) is 0 Å². The Morgan fingerprint density at radius 3 is 2.62 bits per heavy atom. The molecule has 0 spiro atoms. The molecule has 2 amide bonds. The number of phenols is 1. The van der Waals surface area contributed by atoms with E-state index < -0.39 is 5.91 Å². The van der Waals surface area contributed by atoms with E-state index in [1.807, 2.05) is 0 Å². The molecule has 7 heteroatoms. The van der Waals surface area contributed by atoms with Crippen molar-refractivity contribution in [2.75, 3.05) is 18.9 Å². The van der Waals surface area contributed by atoms with Crippen LogP contribution >= 0.6 is 0 Å². The van der Waals surface area contributed by atoms with Crippen molar-refractivity contribution in [3.05, 3.63) is 23.8 Å². The minimum Gasteiger partial charge on any atom is -0.507 e. The van der Waals surface area contributed by atoms with E-state index in [1.165, 1.54) is 18.2 Å². The molecule has 0 aliphatic carbocycles. The number of amides is 2. The smallest absolute Gasteiger partial charge is 0.252 e. The number of hydrogen-bond acceptors (Lipinski definition) is 5. The maximum atomic E-state index is 12.1. The Labute approximate surface area is 123 Å². The molecule has 116 valence electrons. The molecule has 1 aromatic carbocycles. The lowest BCUT2D eigenvalue weighted by molar-refractivity contribution is -0.118. The summed E-state index contributed by atoms with van der Waals surface area (Å²) in [6, 6.07) is 3.83. The number of unbranched alkanes of at least 4 members (excludes halogenated alkanes) is 1. The average Bonchev–Trinajstić information content (AvgIpc) is 2.45. The highest BCUT2D eigenvalue weighted by atomic mass is 16.3. The van der Waals surface area contributed by atoms with Crippen molar-refractivity contribution in [2.24, 2.45) is 11.5 Å². The van der Waals surface area contributed by atoms with Crippen LogP contribution < -0.4 is 22.1 Å². The zero-order chi connectivity index (χ0) is 15.8. The third-order valence-corrected chi connectivity index (χ3v) is 3.14. The molecule has 0 saturated heterocycles. The minimum atomic E-state index is -0.753. The summed E-state index contributed by atoms with van der Waals surface area (Å²) < 4.78 is 0. The molecular weight excluding hydrogens is 272 g/mol. The molecule has 0 unspecified atom stereocenters. The molecule has 0 bridgehead atoms. The van der Waals surface area contributed by atoms with Crippen molar-refractivity contribution >= 4 is 17.5 Å².